The van der Waals surface area contributed by atoms with Gasteiger partial charge in [0, 0.05) is 5.69 Å². The molecule has 108 valence electrons. The molecule has 2 rings (SSSR count). The average molecular weight is 276 g/mol. The van der Waals surface area contributed by atoms with E-state index in [4.69, 9.17) is 5.21 Å². The molecule has 6 nitrogen and oxygen atoms in total. The zero-order chi connectivity index (χ0) is 14.5. The molecule has 2 aromatic rings. The zero-order valence-corrected chi connectivity index (χ0v) is 11.8. The van der Waals surface area contributed by atoms with Gasteiger partial charge in [0.25, 0.3) is 5.91 Å². The molecule has 2 heterocycles. The highest BCUT2D eigenvalue weighted by molar-refractivity contribution is 5.79. The van der Waals surface area contributed by atoms with Gasteiger partial charge in [0.1, 0.15) is 11.5 Å². The minimum atomic E-state index is -0.488. The third-order valence-electron chi connectivity index (χ3n) is 3.20. The molecule has 0 saturated heterocycles. The smallest absolute Gasteiger partial charge is 0.262 e. The molecule has 0 bridgehead atoms. The van der Waals surface area contributed by atoms with Gasteiger partial charge in [-0.1, -0.05) is 26.3 Å². The molecule has 6 heteroatoms. The van der Waals surface area contributed by atoms with E-state index in [0.717, 1.165) is 30.6 Å². The Kier molecular flexibility index (Phi) is 4.57. The van der Waals surface area contributed by atoms with Gasteiger partial charge in [-0.05, 0) is 25.0 Å². The maximum atomic E-state index is 11.1. The van der Waals surface area contributed by atoms with E-state index in [-0.39, 0.29) is 6.54 Å². The van der Waals surface area contributed by atoms with Crippen LogP contribution in [0.25, 0.3) is 5.65 Å². The van der Waals surface area contributed by atoms with Crippen molar-refractivity contribution in [2.45, 2.75) is 33.1 Å². The third-order valence-corrected chi connectivity index (χ3v) is 3.20. The van der Waals surface area contributed by atoms with E-state index in [1.54, 1.807) is 5.48 Å². The van der Waals surface area contributed by atoms with Crippen LogP contribution in [0.4, 0.5) is 5.82 Å². The highest BCUT2D eigenvalue weighted by Crippen LogP contribution is 2.21. The van der Waals surface area contributed by atoms with Crippen molar-refractivity contribution >= 4 is 17.4 Å². The molecule has 0 aliphatic heterocycles. The molecular weight excluding hydrogens is 256 g/mol. The molecule has 0 aliphatic carbocycles. The molecule has 0 radical (unpaired) electrons. The van der Waals surface area contributed by atoms with Crippen LogP contribution in [-0.4, -0.2) is 27.0 Å². The second-order valence-electron chi connectivity index (χ2n) is 4.61. The van der Waals surface area contributed by atoms with Gasteiger partial charge in [-0.15, -0.1) is 0 Å². The Balaban J connectivity index is 2.40. The first kappa shape index (κ1) is 14.3. The first-order chi connectivity index (χ1) is 9.71. The number of hydroxylamine groups is 1. The van der Waals surface area contributed by atoms with E-state index in [1.165, 1.54) is 5.69 Å². The Morgan fingerprint density at radius 2 is 2.20 bits per heavy atom. The molecular formula is C14H20N4O2. The van der Waals surface area contributed by atoms with Crippen molar-refractivity contribution in [1.29, 1.82) is 0 Å². The number of hydrogen-bond donors (Lipinski definition) is 3. The molecule has 0 aliphatic rings. The molecule has 0 aromatic carbocycles. The number of fused-ring (bicyclic) bond motifs is 1. The number of amides is 1. The van der Waals surface area contributed by atoms with Crippen LogP contribution in [0.3, 0.4) is 0 Å². The van der Waals surface area contributed by atoms with Crippen LogP contribution in [0, 0.1) is 0 Å². The first-order valence-corrected chi connectivity index (χ1v) is 6.87. The molecule has 0 spiro atoms. The van der Waals surface area contributed by atoms with E-state index in [9.17, 15) is 4.79 Å². The number of imidazole rings is 1. The van der Waals surface area contributed by atoms with Gasteiger partial charge >= 0.3 is 0 Å². The van der Waals surface area contributed by atoms with Gasteiger partial charge in [0.15, 0.2) is 0 Å². The van der Waals surface area contributed by atoms with Crippen LogP contribution in [0.1, 0.15) is 31.7 Å². The summed E-state index contributed by atoms with van der Waals surface area (Å²) in [5, 5.41) is 11.5. The lowest BCUT2D eigenvalue weighted by molar-refractivity contribution is -0.127. The summed E-state index contributed by atoms with van der Waals surface area (Å²) < 4.78 is 2.14. The van der Waals surface area contributed by atoms with Crippen molar-refractivity contribution in [1.82, 2.24) is 14.9 Å². The predicted molar refractivity (Wildman–Crippen MR) is 77.0 cm³/mol. The molecule has 3 N–H and O–H groups in total. The number of nitrogens with one attached hydrogen (secondary N) is 2. The van der Waals surface area contributed by atoms with Crippen LogP contribution in [0.5, 0.6) is 0 Å². The van der Waals surface area contributed by atoms with Gasteiger partial charge in [-0.3, -0.25) is 14.4 Å². The molecule has 20 heavy (non-hydrogen) atoms. The second-order valence-corrected chi connectivity index (χ2v) is 4.61. The topological polar surface area (TPSA) is 78.7 Å². The van der Waals surface area contributed by atoms with Crippen molar-refractivity contribution in [2.24, 2.45) is 0 Å². The second kappa shape index (κ2) is 6.38. The largest absolute Gasteiger partial charge is 0.359 e. The molecule has 0 saturated carbocycles. The number of aromatic nitrogens is 2. The van der Waals surface area contributed by atoms with Crippen molar-refractivity contribution in [3.05, 3.63) is 29.6 Å². The van der Waals surface area contributed by atoms with Crippen LogP contribution in [-0.2, 0) is 17.6 Å². The predicted octanol–water partition coefficient (Wildman–Crippen LogP) is 1.77. The average Bonchev–Trinajstić information content (AvgIpc) is 2.83. The number of pyridine rings is 1. The van der Waals surface area contributed by atoms with E-state index in [2.05, 4.69) is 34.6 Å². The van der Waals surface area contributed by atoms with E-state index < -0.39 is 5.91 Å². The number of carbonyl (C=O) groups is 1. The van der Waals surface area contributed by atoms with Crippen LogP contribution in [0.2, 0.25) is 0 Å². The lowest BCUT2D eigenvalue weighted by Crippen LogP contribution is -2.27. The van der Waals surface area contributed by atoms with E-state index in [0.29, 0.717) is 5.82 Å². The Labute approximate surface area is 117 Å². The van der Waals surface area contributed by atoms with E-state index >= 15 is 0 Å². The fourth-order valence-corrected chi connectivity index (χ4v) is 2.35. The molecule has 0 atom stereocenters. The summed E-state index contributed by atoms with van der Waals surface area (Å²) in [4.78, 5) is 15.6. The van der Waals surface area contributed by atoms with E-state index in [1.807, 2.05) is 12.1 Å². The summed E-state index contributed by atoms with van der Waals surface area (Å²) in [5.41, 5.74) is 4.74. The minimum Gasteiger partial charge on any atom is -0.359 e. The van der Waals surface area contributed by atoms with Crippen LogP contribution in [0.15, 0.2) is 18.2 Å². The SMILES string of the molecule is CCCc1cccc2nc(NCC(=O)NO)c(CC)n12. The standard InChI is InChI=1S/C14H20N4O2/c1-3-6-10-7-5-8-12-16-14(11(4-2)18(10)12)15-9-13(19)17-20/h5,7-8,15,20H,3-4,6,9H2,1-2H3,(H,17,19). The van der Waals surface area contributed by atoms with Gasteiger partial charge in [0.2, 0.25) is 0 Å². The lowest BCUT2D eigenvalue weighted by atomic mass is 10.2. The van der Waals surface area contributed by atoms with Crippen molar-refractivity contribution in [2.75, 3.05) is 11.9 Å². The van der Waals surface area contributed by atoms with Crippen molar-refractivity contribution in [3.63, 3.8) is 0 Å². The number of aryl methyl sites for hydroxylation is 2. The first-order valence-electron chi connectivity index (χ1n) is 6.87. The molecule has 2 aromatic heterocycles. The maximum absolute atomic E-state index is 11.1. The van der Waals surface area contributed by atoms with Gasteiger partial charge < -0.3 is 5.32 Å². The van der Waals surface area contributed by atoms with Crippen LogP contribution >= 0.6 is 0 Å². The summed E-state index contributed by atoms with van der Waals surface area (Å²) in [7, 11) is 0. The van der Waals surface area contributed by atoms with Crippen molar-refractivity contribution < 1.29 is 10.0 Å². The Morgan fingerprint density at radius 3 is 2.85 bits per heavy atom. The summed E-state index contributed by atoms with van der Waals surface area (Å²) in [5.74, 6) is 0.206. The molecule has 0 unspecified atom stereocenters. The summed E-state index contributed by atoms with van der Waals surface area (Å²) in [6.07, 6.45) is 2.86. The zero-order valence-electron chi connectivity index (χ0n) is 11.8. The van der Waals surface area contributed by atoms with Gasteiger partial charge in [0.05, 0.1) is 12.2 Å². The highest BCUT2D eigenvalue weighted by Gasteiger charge is 2.13. The normalized spacial score (nSPS) is 10.8. The van der Waals surface area contributed by atoms with Gasteiger partial charge in [-0.2, -0.15) is 0 Å². The number of hydrogen-bond acceptors (Lipinski definition) is 4. The Morgan fingerprint density at radius 1 is 1.40 bits per heavy atom. The Hall–Kier alpha value is -2.08. The Bertz CT molecular complexity index is 606. The van der Waals surface area contributed by atoms with Gasteiger partial charge in [-0.25, -0.2) is 10.5 Å². The molecule has 1 amide bonds. The number of carbonyl (C=O) groups excluding carboxylic acids is 1. The quantitative estimate of drug-likeness (QED) is 0.555. The minimum absolute atomic E-state index is 0.00348. The fourth-order valence-electron chi connectivity index (χ4n) is 2.35. The summed E-state index contributed by atoms with van der Waals surface area (Å²) in [6, 6.07) is 6.05. The summed E-state index contributed by atoms with van der Waals surface area (Å²) in [6.45, 7) is 4.20. The summed E-state index contributed by atoms with van der Waals surface area (Å²) >= 11 is 0. The lowest BCUT2D eigenvalue weighted by Gasteiger charge is -2.08. The highest BCUT2D eigenvalue weighted by atomic mass is 16.5. The van der Waals surface area contributed by atoms with Crippen LogP contribution < -0.4 is 10.8 Å². The fraction of sp³-hybridized carbons (Fsp3) is 0.429. The number of rotatable bonds is 6. The third kappa shape index (κ3) is 2.75. The number of anilines is 1. The maximum Gasteiger partial charge on any atom is 0.262 e. The molecule has 0 fully saturated rings. The van der Waals surface area contributed by atoms with Crippen molar-refractivity contribution in [3.8, 4) is 0 Å². The number of nitrogens with zero attached hydrogens (tertiary/aromatic N) is 2. The monoisotopic (exact) mass is 276 g/mol.